The predicted molar refractivity (Wildman–Crippen MR) is 164 cm³/mol. The summed E-state index contributed by atoms with van der Waals surface area (Å²) in [6, 6.07) is 7.81. The minimum Gasteiger partial charge on any atom is -0.493 e. The third-order valence-electron chi connectivity index (χ3n) is 7.55. The number of ether oxygens (including phenoxy) is 2. The highest BCUT2D eigenvalue weighted by molar-refractivity contribution is 8.26. The molecule has 4 rings (SSSR count). The number of piperidine rings is 1. The zero-order valence-electron chi connectivity index (χ0n) is 23.9. The number of hydrogen-bond donors (Lipinski definition) is 0. The number of thioether (sulfide) groups is 1. The fourth-order valence-corrected chi connectivity index (χ4v) is 7.01. The van der Waals surface area contributed by atoms with Gasteiger partial charge in [-0.1, -0.05) is 43.9 Å². The molecule has 1 aromatic heterocycles. The largest absolute Gasteiger partial charge is 0.493 e. The van der Waals surface area contributed by atoms with Crippen LogP contribution in [0.4, 0.5) is 5.82 Å². The van der Waals surface area contributed by atoms with E-state index in [2.05, 4.69) is 24.8 Å². The van der Waals surface area contributed by atoms with E-state index in [-0.39, 0.29) is 17.0 Å². The first-order chi connectivity index (χ1) is 19.1. The first kappa shape index (κ1) is 29.7. The van der Waals surface area contributed by atoms with E-state index >= 15 is 0 Å². The van der Waals surface area contributed by atoms with Gasteiger partial charge in [0.1, 0.15) is 21.8 Å². The summed E-state index contributed by atoms with van der Waals surface area (Å²) in [7, 11) is 3.19. The molecule has 40 heavy (non-hydrogen) atoms. The molecule has 8 nitrogen and oxygen atoms in total. The van der Waals surface area contributed by atoms with Gasteiger partial charge in [0.2, 0.25) is 0 Å². The minimum atomic E-state index is -0.289. The first-order valence-corrected chi connectivity index (χ1v) is 14.7. The maximum absolute atomic E-state index is 13.6. The van der Waals surface area contributed by atoms with Crippen LogP contribution in [0.25, 0.3) is 6.08 Å². The van der Waals surface area contributed by atoms with E-state index in [1.165, 1.54) is 11.8 Å². The summed E-state index contributed by atoms with van der Waals surface area (Å²) in [5, 5.41) is 9.86. The normalized spacial score (nSPS) is 20.3. The molecule has 0 radical (unpaired) electrons. The van der Waals surface area contributed by atoms with Crippen molar-refractivity contribution in [2.45, 2.75) is 47.1 Å². The predicted octanol–water partition coefficient (Wildman–Crippen LogP) is 4.99. The highest BCUT2D eigenvalue weighted by atomic mass is 32.2. The lowest BCUT2D eigenvalue weighted by Crippen LogP contribution is -2.42. The molecule has 10 heteroatoms. The van der Waals surface area contributed by atoms with E-state index in [0.717, 1.165) is 36.5 Å². The van der Waals surface area contributed by atoms with Crippen LogP contribution >= 0.6 is 24.0 Å². The molecular weight excluding hydrogens is 544 g/mol. The van der Waals surface area contributed by atoms with Crippen molar-refractivity contribution in [3.05, 3.63) is 55.7 Å². The van der Waals surface area contributed by atoms with Crippen LogP contribution in [0, 0.1) is 30.1 Å². The van der Waals surface area contributed by atoms with E-state index in [1.54, 1.807) is 30.6 Å². The third-order valence-corrected chi connectivity index (χ3v) is 8.93. The van der Waals surface area contributed by atoms with E-state index in [0.29, 0.717) is 57.6 Å². The molecule has 212 valence electrons. The Balaban J connectivity index is 1.70. The molecule has 1 aromatic carbocycles. The van der Waals surface area contributed by atoms with Crippen molar-refractivity contribution < 1.29 is 14.3 Å². The molecular formula is C30H36N4O4S2. The number of benzene rings is 1. The molecule has 3 heterocycles. The number of nitriles is 1. The van der Waals surface area contributed by atoms with Crippen molar-refractivity contribution in [2.75, 3.05) is 38.8 Å². The Hall–Kier alpha value is -3.29. The number of pyridine rings is 1. The van der Waals surface area contributed by atoms with Gasteiger partial charge >= 0.3 is 0 Å². The van der Waals surface area contributed by atoms with Gasteiger partial charge in [0.15, 0.2) is 11.5 Å². The van der Waals surface area contributed by atoms with Crippen LogP contribution < -0.4 is 19.9 Å². The molecule has 2 aliphatic heterocycles. The minimum absolute atomic E-state index is 0.110. The number of hydrogen-bond acceptors (Lipinski definition) is 8. The Morgan fingerprint density at radius 3 is 2.42 bits per heavy atom. The zero-order chi connectivity index (χ0) is 29.1. The number of carbonyl (C=O) groups excluding carboxylic acids is 1. The summed E-state index contributed by atoms with van der Waals surface area (Å²) in [6.07, 6.45) is 3.54. The van der Waals surface area contributed by atoms with Crippen LogP contribution in [0.15, 0.2) is 27.9 Å². The van der Waals surface area contributed by atoms with E-state index in [4.69, 9.17) is 21.7 Å². The van der Waals surface area contributed by atoms with Crippen LogP contribution in [-0.4, -0.2) is 53.5 Å². The van der Waals surface area contributed by atoms with Gasteiger partial charge in [-0.2, -0.15) is 5.26 Å². The zero-order valence-corrected chi connectivity index (χ0v) is 25.6. The Morgan fingerprint density at radius 2 is 1.82 bits per heavy atom. The van der Waals surface area contributed by atoms with Crippen LogP contribution in [-0.2, 0) is 17.8 Å². The van der Waals surface area contributed by atoms with Gasteiger partial charge in [-0.05, 0) is 67.9 Å². The Kier molecular flexibility index (Phi) is 9.26. The van der Waals surface area contributed by atoms with Crippen molar-refractivity contribution >= 4 is 46.1 Å². The van der Waals surface area contributed by atoms with Crippen LogP contribution in [0.3, 0.4) is 0 Å². The van der Waals surface area contributed by atoms with Crippen molar-refractivity contribution in [2.24, 2.45) is 11.8 Å². The second-order valence-corrected chi connectivity index (χ2v) is 12.2. The summed E-state index contributed by atoms with van der Waals surface area (Å²) in [5.41, 5.74) is 2.14. The molecule has 2 aliphatic rings. The van der Waals surface area contributed by atoms with Crippen LogP contribution in [0.1, 0.15) is 49.4 Å². The number of methoxy groups -OCH3 is 2. The number of rotatable bonds is 8. The van der Waals surface area contributed by atoms with E-state index < -0.39 is 0 Å². The van der Waals surface area contributed by atoms with Gasteiger partial charge in [-0.25, -0.2) is 0 Å². The monoisotopic (exact) mass is 580 g/mol. The molecule has 0 N–H and O–H groups in total. The van der Waals surface area contributed by atoms with Gasteiger partial charge in [0.25, 0.3) is 11.5 Å². The third kappa shape index (κ3) is 5.77. The molecule has 0 saturated carbocycles. The number of anilines is 1. The summed E-state index contributed by atoms with van der Waals surface area (Å²) in [4.78, 5) is 31.3. The smallest absolute Gasteiger partial charge is 0.270 e. The first-order valence-electron chi connectivity index (χ1n) is 13.5. The average molecular weight is 581 g/mol. The molecule has 2 atom stereocenters. The lowest BCUT2D eigenvalue weighted by Gasteiger charge is -2.38. The topological polar surface area (TPSA) is 87.8 Å². The van der Waals surface area contributed by atoms with Gasteiger partial charge < -0.3 is 14.4 Å². The molecule has 0 spiro atoms. The van der Waals surface area contributed by atoms with Gasteiger partial charge in [0, 0.05) is 31.7 Å². The van der Waals surface area contributed by atoms with E-state index in [1.807, 2.05) is 31.2 Å². The summed E-state index contributed by atoms with van der Waals surface area (Å²) < 4.78 is 12.9. The lowest BCUT2D eigenvalue weighted by molar-refractivity contribution is -0.122. The van der Waals surface area contributed by atoms with Crippen LogP contribution in [0.2, 0.25) is 0 Å². The molecule has 2 fully saturated rings. The van der Waals surface area contributed by atoms with E-state index in [9.17, 15) is 14.9 Å². The fourth-order valence-electron chi connectivity index (χ4n) is 5.72. The average Bonchev–Trinajstić information content (AvgIpc) is 3.19. The van der Waals surface area contributed by atoms with Crippen molar-refractivity contribution in [1.82, 2.24) is 9.47 Å². The molecule has 2 unspecified atom stereocenters. The van der Waals surface area contributed by atoms with Gasteiger partial charge in [-0.3, -0.25) is 19.1 Å². The maximum Gasteiger partial charge on any atom is 0.270 e. The second kappa shape index (κ2) is 12.5. The van der Waals surface area contributed by atoms with Gasteiger partial charge in [-0.15, -0.1) is 0 Å². The summed E-state index contributed by atoms with van der Waals surface area (Å²) >= 11 is 6.88. The maximum atomic E-state index is 13.6. The molecule has 2 aromatic rings. The number of aromatic nitrogens is 1. The lowest BCUT2D eigenvalue weighted by atomic mass is 9.91. The number of thiocarbonyl (C=S) groups is 1. The Bertz CT molecular complexity index is 1450. The highest BCUT2D eigenvalue weighted by Gasteiger charge is 2.34. The molecule has 1 amide bonds. The quantitative estimate of drug-likeness (QED) is 0.319. The second-order valence-electron chi connectivity index (χ2n) is 10.5. The molecule has 2 saturated heterocycles. The molecule has 0 bridgehead atoms. The SMILES string of the molecule is CCn1c(N2CC(C)CC(C)C2)c(/C=C2\SC(=S)N(CCc3ccc(OC)c(OC)c3)C2=O)c(C)c(C#N)c1=O. The summed E-state index contributed by atoms with van der Waals surface area (Å²) in [5.74, 6) is 2.81. The highest BCUT2D eigenvalue weighted by Crippen LogP contribution is 2.37. The molecule has 0 aliphatic carbocycles. The summed E-state index contributed by atoms with van der Waals surface area (Å²) in [6.45, 7) is 10.6. The number of amides is 1. The standard InChI is InChI=1S/C30H36N4O4S2/c1-7-33-27(32-16-18(2)12-19(3)17-32)22(20(4)23(15-31)28(33)35)14-26-29(36)34(30(39)40-26)11-10-21-8-9-24(37-5)25(13-21)38-6/h8-9,13-14,18-19H,7,10-12,16-17H2,1-6H3/b26-14-. The van der Waals surface area contributed by atoms with Gasteiger partial charge in [0.05, 0.1) is 19.1 Å². The number of carbonyl (C=O) groups is 1. The van der Waals surface area contributed by atoms with Crippen LogP contribution in [0.5, 0.6) is 11.5 Å². The number of nitrogens with zero attached hydrogens (tertiary/aromatic N) is 4. The Morgan fingerprint density at radius 1 is 1.15 bits per heavy atom. The van der Waals surface area contributed by atoms with Crippen molar-refractivity contribution in [3.8, 4) is 17.6 Å². The van der Waals surface area contributed by atoms with Crippen molar-refractivity contribution in [3.63, 3.8) is 0 Å². The fraction of sp³-hybridized carbons (Fsp3) is 0.467. The van der Waals surface area contributed by atoms with Crippen molar-refractivity contribution in [1.29, 1.82) is 5.26 Å². The Labute approximate surface area is 245 Å².